The number of nitrogens with zero attached hydrogens (tertiary/aromatic N) is 1. The summed E-state index contributed by atoms with van der Waals surface area (Å²) < 4.78 is 38.0. The van der Waals surface area contributed by atoms with Gasteiger partial charge in [0.2, 0.25) is 11.8 Å². The Morgan fingerprint density at radius 3 is 2.15 bits per heavy atom. The van der Waals surface area contributed by atoms with Crippen molar-refractivity contribution < 1.29 is 22.8 Å². The van der Waals surface area contributed by atoms with Crippen molar-refractivity contribution in [2.75, 3.05) is 16.8 Å². The molecular formula is C19H19F3N2O2. The third-order valence-electron chi connectivity index (χ3n) is 3.84. The first-order valence-corrected chi connectivity index (χ1v) is 7.90. The van der Waals surface area contributed by atoms with E-state index < -0.39 is 23.6 Å². The van der Waals surface area contributed by atoms with Gasteiger partial charge in [0.15, 0.2) is 0 Å². The Labute approximate surface area is 149 Å². The first-order chi connectivity index (χ1) is 12.1. The van der Waals surface area contributed by atoms with Crippen LogP contribution in [-0.2, 0) is 15.8 Å². The summed E-state index contributed by atoms with van der Waals surface area (Å²) in [4.78, 5) is 25.3. The van der Waals surface area contributed by atoms with Crippen LogP contribution >= 0.6 is 0 Å². The number of carbonyl (C=O) groups excluding carboxylic acids is 2. The quantitative estimate of drug-likeness (QED) is 0.879. The molecule has 2 aromatic carbocycles. The normalized spacial score (nSPS) is 11.2. The molecule has 0 saturated heterocycles. The monoisotopic (exact) mass is 364 g/mol. The molecule has 2 aromatic rings. The van der Waals surface area contributed by atoms with Crippen LogP contribution in [0.2, 0.25) is 0 Å². The van der Waals surface area contributed by atoms with Gasteiger partial charge in [-0.05, 0) is 49.7 Å². The van der Waals surface area contributed by atoms with Gasteiger partial charge >= 0.3 is 6.18 Å². The maximum absolute atomic E-state index is 12.7. The number of halogens is 3. The van der Waals surface area contributed by atoms with E-state index >= 15 is 0 Å². The smallest absolute Gasteiger partial charge is 0.324 e. The summed E-state index contributed by atoms with van der Waals surface area (Å²) in [5.41, 5.74) is 1.96. The molecule has 0 aliphatic carbocycles. The van der Waals surface area contributed by atoms with Crippen molar-refractivity contribution in [3.8, 4) is 0 Å². The first-order valence-electron chi connectivity index (χ1n) is 7.90. The third kappa shape index (κ3) is 4.84. The van der Waals surface area contributed by atoms with E-state index in [2.05, 4.69) is 5.32 Å². The summed E-state index contributed by atoms with van der Waals surface area (Å²) in [6, 6.07) is 9.64. The average molecular weight is 364 g/mol. The number of aryl methyl sites for hydroxylation is 2. The van der Waals surface area contributed by atoms with Gasteiger partial charge in [0, 0.05) is 18.3 Å². The number of hydrogen-bond acceptors (Lipinski definition) is 2. The van der Waals surface area contributed by atoms with Crippen LogP contribution in [0, 0.1) is 13.8 Å². The number of amides is 2. The molecule has 0 aromatic heterocycles. The fraction of sp³-hybridized carbons (Fsp3) is 0.263. The number of anilines is 2. The summed E-state index contributed by atoms with van der Waals surface area (Å²) in [6.45, 7) is 4.73. The largest absolute Gasteiger partial charge is 0.416 e. The molecule has 0 heterocycles. The van der Waals surface area contributed by atoms with Crippen molar-refractivity contribution in [1.29, 1.82) is 0 Å². The van der Waals surface area contributed by atoms with Gasteiger partial charge in [-0.2, -0.15) is 13.2 Å². The minimum absolute atomic E-state index is 0.223. The highest BCUT2D eigenvalue weighted by atomic mass is 19.4. The maximum Gasteiger partial charge on any atom is 0.416 e. The van der Waals surface area contributed by atoms with Crippen molar-refractivity contribution in [2.24, 2.45) is 0 Å². The maximum atomic E-state index is 12.7. The second-order valence-electron chi connectivity index (χ2n) is 6.02. The van der Waals surface area contributed by atoms with E-state index in [9.17, 15) is 22.8 Å². The van der Waals surface area contributed by atoms with E-state index in [1.54, 1.807) is 6.07 Å². The minimum Gasteiger partial charge on any atom is -0.324 e. The molecule has 0 spiro atoms. The molecule has 0 aliphatic heterocycles. The molecule has 0 aliphatic rings. The zero-order valence-corrected chi connectivity index (χ0v) is 14.6. The lowest BCUT2D eigenvalue weighted by molar-refractivity contribution is -0.137. The van der Waals surface area contributed by atoms with Crippen molar-refractivity contribution in [3.05, 3.63) is 59.2 Å². The molecule has 7 heteroatoms. The van der Waals surface area contributed by atoms with E-state index in [0.29, 0.717) is 5.69 Å². The van der Waals surface area contributed by atoms with Gasteiger partial charge < -0.3 is 10.2 Å². The molecule has 0 atom stereocenters. The molecule has 0 bridgehead atoms. The molecule has 2 rings (SSSR count). The van der Waals surface area contributed by atoms with Gasteiger partial charge in [-0.1, -0.05) is 17.7 Å². The Morgan fingerprint density at radius 2 is 1.65 bits per heavy atom. The lowest BCUT2D eigenvalue weighted by Gasteiger charge is -2.21. The van der Waals surface area contributed by atoms with Crippen LogP contribution in [-0.4, -0.2) is 18.4 Å². The molecule has 0 unspecified atom stereocenters. The van der Waals surface area contributed by atoms with Crippen molar-refractivity contribution in [2.45, 2.75) is 26.9 Å². The summed E-state index contributed by atoms with van der Waals surface area (Å²) in [6.07, 6.45) is -4.46. The predicted octanol–water partition coefficient (Wildman–Crippen LogP) is 4.31. The van der Waals surface area contributed by atoms with Crippen molar-refractivity contribution in [3.63, 3.8) is 0 Å². The number of rotatable bonds is 4. The van der Waals surface area contributed by atoms with E-state index in [1.807, 2.05) is 26.0 Å². The highest BCUT2D eigenvalue weighted by Gasteiger charge is 2.30. The Bertz CT molecular complexity index is 815. The zero-order valence-electron chi connectivity index (χ0n) is 14.6. The Kier molecular flexibility index (Phi) is 5.69. The van der Waals surface area contributed by atoms with Crippen molar-refractivity contribution in [1.82, 2.24) is 0 Å². The summed E-state index contributed by atoms with van der Waals surface area (Å²) in [5.74, 6) is -0.882. The van der Waals surface area contributed by atoms with E-state index in [4.69, 9.17) is 0 Å². The van der Waals surface area contributed by atoms with Gasteiger partial charge in [-0.25, -0.2) is 0 Å². The van der Waals surface area contributed by atoms with Gasteiger partial charge in [-0.3, -0.25) is 9.59 Å². The lowest BCUT2D eigenvalue weighted by atomic mass is 10.1. The second kappa shape index (κ2) is 7.59. The van der Waals surface area contributed by atoms with Crippen LogP contribution in [0.4, 0.5) is 24.5 Å². The molecule has 0 fully saturated rings. The molecule has 0 saturated carbocycles. The molecule has 0 radical (unpaired) electrons. The topological polar surface area (TPSA) is 49.4 Å². The molecule has 4 nitrogen and oxygen atoms in total. The summed E-state index contributed by atoms with van der Waals surface area (Å²) in [5, 5.41) is 2.72. The zero-order chi connectivity index (χ0) is 19.5. The number of hydrogen-bond donors (Lipinski definition) is 1. The standard InChI is InChI=1S/C19H19F3N2O2/c1-12-4-9-17(13(2)10-12)23-18(26)11-24(14(3)25)16-7-5-15(6-8-16)19(20,21)22/h4-10H,11H2,1-3H3,(H,23,26). The van der Waals surface area contributed by atoms with Gasteiger partial charge in [0.05, 0.1) is 5.56 Å². The molecule has 1 N–H and O–H groups in total. The van der Waals surface area contributed by atoms with E-state index in [0.717, 1.165) is 28.2 Å². The van der Waals surface area contributed by atoms with Crippen LogP contribution in [0.3, 0.4) is 0 Å². The molecule has 2 amide bonds. The minimum atomic E-state index is -4.46. The van der Waals surface area contributed by atoms with Gasteiger partial charge in [-0.15, -0.1) is 0 Å². The Hall–Kier alpha value is -2.83. The fourth-order valence-corrected chi connectivity index (χ4v) is 2.50. The number of nitrogens with one attached hydrogen (secondary N) is 1. The van der Waals surface area contributed by atoms with Crippen LogP contribution in [0.15, 0.2) is 42.5 Å². The van der Waals surface area contributed by atoms with E-state index in [1.165, 1.54) is 19.1 Å². The average Bonchev–Trinajstić information content (AvgIpc) is 2.54. The highest BCUT2D eigenvalue weighted by Crippen LogP contribution is 2.30. The summed E-state index contributed by atoms with van der Waals surface area (Å²) in [7, 11) is 0. The number of alkyl halides is 3. The van der Waals surface area contributed by atoms with Crippen LogP contribution in [0.25, 0.3) is 0 Å². The number of benzene rings is 2. The number of carbonyl (C=O) groups is 2. The molecule has 138 valence electrons. The van der Waals surface area contributed by atoms with Gasteiger partial charge in [0.1, 0.15) is 6.54 Å². The predicted molar refractivity (Wildman–Crippen MR) is 94.0 cm³/mol. The first kappa shape index (κ1) is 19.5. The molecule has 26 heavy (non-hydrogen) atoms. The highest BCUT2D eigenvalue weighted by molar-refractivity contribution is 6.02. The summed E-state index contributed by atoms with van der Waals surface area (Å²) >= 11 is 0. The SMILES string of the molecule is CC(=O)N(CC(=O)Nc1ccc(C)cc1C)c1ccc(C(F)(F)F)cc1. The molecular weight excluding hydrogens is 345 g/mol. The fourth-order valence-electron chi connectivity index (χ4n) is 2.50. The Morgan fingerprint density at radius 1 is 1.04 bits per heavy atom. The van der Waals surface area contributed by atoms with Crippen LogP contribution < -0.4 is 10.2 Å². The van der Waals surface area contributed by atoms with Crippen LogP contribution in [0.1, 0.15) is 23.6 Å². The van der Waals surface area contributed by atoms with Gasteiger partial charge in [0.25, 0.3) is 0 Å². The van der Waals surface area contributed by atoms with E-state index in [-0.39, 0.29) is 12.2 Å². The second-order valence-corrected chi connectivity index (χ2v) is 6.02. The Balaban J connectivity index is 2.15. The van der Waals surface area contributed by atoms with Crippen LogP contribution in [0.5, 0.6) is 0 Å². The third-order valence-corrected chi connectivity index (χ3v) is 3.84. The van der Waals surface area contributed by atoms with Crippen molar-refractivity contribution >= 4 is 23.2 Å². The lowest BCUT2D eigenvalue weighted by Crippen LogP contribution is -2.36.